The number of carbonyl (C=O) groups excluding carboxylic acids is 1. The number of aryl methyl sites for hydroxylation is 1. The maximum atomic E-state index is 10.8. The normalized spacial score (nSPS) is 10.2. The molecule has 0 saturated carbocycles. The highest BCUT2D eigenvalue weighted by Crippen LogP contribution is 2.23. The van der Waals surface area contributed by atoms with Gasteiger partial charge in [0, 0.05) is 17.4 Å². The Morgan fingerprint density at radius 1 is 1.50 bits per heavy atom. The number of nitro groups is 1. The van der Waals surface area contributed by atoms with E-state index in [4.69, 9.17) is 4.74 Å². The summed E-state index contributed by atoms with van der Waals surface area (Å²) in [5.41, 5.74) is 2.56. The lowest BCUT2D eigenvalue weighted by atomic mass is 10.2. The van der Waals surface area contributed by atoms with E-state index < -0.39 is 4.92 Å². The van der Waals surface area contributed by atoms with Crippen LogP contribution >= 0.6 is 11.3 Å². The second-order valence-corrected chi connectivity index (χ2v) is 4.99. The first kappa shape index (κ1) is 14.1. The maximum absolute atomic E-state index is 10.8. The van der Waals surface area contributed by atoms with Gasteiger partial charge in [0.1, 0.15) is 5.75 Å². The molecule has 0 spiro atoms. The first-order valence-corrected chi connectivity index (χ1v) is 6.75. The highest BCUT2D eigenvalue weighted by Gasteiger charge is 2.13. The van der Waals surface area contributed by atoms with E-state index in [1.807, 2.05) is 6.92 Å². The molecule has 0 aliphatic rings. The van der Waals surface area contributed by atoms with E-state index in [0.29, 0.717) is 25.1 Å². The van der Waals surface area contributed by atoms with Gasteiger partial charge in [-0.2, -0.15) is 0 Å². The monoisotopic (exact) mass is 292 g/mol. The molecular weight excluding hydrogens is 280 g/mol. The van der Waals surface area contributed by atoms with Gasteiger partial charge in [-0.05, 0) is 19.1 Å². The molecule has 0 bridgehead atoms. The van der Waals surface area contributed by atoms with Crippen molar-refractivity contribution in [1.82, 2.24) is 4.98 Å². The van der Waals surface area contributed by atoms with Gasteiger partial charge in [0.25, 0.3) is 5.69 Å². The van der Waals surface area contributed by atoms with E-state index in [1.54, 1.807) is 16.8 Å². The van der Waals surface area contributed by atoms with Crippen LogP contribution in [0, 0.1) is 17.0 Å². The average Bonchev–Trinajstić information content (AvgIpc) is 2.84. The molecule has 0 unspecified atom stereocenters. The van der Waals surface area contributed by atoms with E-state index in [0.717, 1.165) is 10.6 Å². The number of aromatic nitrogens is 1. The number of nitrogens with zero attached hydrogens (tertiary/aromatic N) is 2. The van der Waals surface area contributed by atoms with Crippen LogP contribution in [0.1, 0.15) is 20.9 Å². The molecule has 6 nitrogen and oxygen atoms in total. The molecule has 0 N–H and O–H groups in total. The summed E-state index contributed by atoms with van der Waals surface area (Å²) in [5.74, 6) is 0.444. The van der Waals surface area contributed by atoms with E-state index in [1.165, 1.54) is 18.2 Å². The zero-order valence-electron chi connectivity index (χ0n) is 10.7. The van der Waals surface area contributed by atoms with E-state index in [2.05, 4.69) is 4.98 Å². The molecule has 20 heavy (non-hydrogen) atoms. The highest BCUT2D eigenvalue weighted by molar-refractivity contribution is 7.09. The van der Waals surface area contributed by atoms with Crippen molar-refractivity contribution in [3.05, 3.63) is 50.0 Å². The molecule has 0 aliphatic heterocycles. The fraction of sp³-hybridized carbons (Fsp3) is 0.231. The number of rotatable bonds is 6. The van der Waals surface area contributed by atoms with Gasteiger partial charge in [0.2, 0.25) is 0 Å². The quantitative estimate of drug-likeness (QED) is 0.464. The Labute approximate surface area is 119 Å². The lowest BCUT2D eigenvalue weighted by Crippen LogP contribution is -2.02. The van der Waals surface area contributed by atoms with Crippen LogP contribution in [-0.2, 0) is 6.42 Å². The van der Waals surface area contributed by atoms with Gasteiger partial charge in [0.05, 0.1) is 28.3 Å². The van der Waals surface area contributed by atoms with Crippen molar-refractivity contribution in [2.75, 3.05) is 6.61 Å². The third-order valence-electron chi connectivity index (χ3n) is 2.77. The fourth-order valence-corrected chi connectivity index (χ4v) is 2.47. The number of nitro benzene ring substituents is 1. The van der Waals surface area contributed by atoms with Gasteiger partial charge in [-0.25, -0.2) is 4.98 Å². The van der Waals surface area contributed by atoms with Gasteiger partial charge >= 0.3 is 0 Å². The molecular formula is C13H12N2O4S. The second-order valence-electron chi connectivity index (χ2n) is 4.05. The van der Waals surface area contributed by atoms with Crippen molar-refractivity contribution in [2.24, 2.45) is 0 Å². The van der Waals surface area contributed by atoms with Gasteiger partial charge < -0.3 is 4.74 Å². The first-order valence-electron chi connectivity index (χ1n) is 5.87. The summed E-state index contributed by atoms with van der Waals surface area (Å²) in [6.07, 6.45) is 1.17. The zero-order valence-corrected chi connectivity index (χ0v) is 11.6. The number of aldehydes is 1. The minimum Gasteiger partial charge on any atom is -0.493 e. The molecule has 1 heterocycles. The predicted molar refractivity (Wildman–Crippen MR) is 74.5 cm³/mol. The van der Waals surface area contributed by atoms with Crippen LogP contribution in [0.2, 0.25) is 0 Å². The molecule has 0 fully saturated rings. The largest absolute Gasteiger partial charge is 0.493 e. The SMILES string of the molecule is Cc1ncsc1CCOc1ccc([N+](=O)[O-])c(C=O)c1. The maximum Gasteiger partial charge on any atom is 0.280 e. The number of hydrogen-bond donors (Lipinski definition) is 0. The summed E-state index contributed by atoms with van der Waals surface area (Å²) in [6, 6.07) is 4.15. The van der Waals surface area contributed by atoms with E-state index in [9.17, 15) is 14.9 Å². The third kappa shape index (κ3) is 3.18. The molecule has 0 radical (unpaired) electrons. The highest BCUT2D eigenvalue weighted by atomic mass is 32.1. The third-order valence-corrected chi connectivity index (χ3v) is 3.76. The summed E-state index contributed by atoms with van der Waals surface area (Å²) >= 11 is 1.56. The summed E-state index contributed by atoms with van der Waals surface area (Å²) < 4.78 is 5.51. The van der Waals surface area contributed by atoms with Crippen LogP contribution in [0.4, 0.5) is 5.69 Å². The Morgan fingerprint density at radius 2 is 2.30 bits per heavy atom. The lowest BCUT2D eigenvalue weighted by Gasteiger charge is -2.06. The van der Waals surface area contributed by atoms with Crippen LogP contribution in [0.3, 0.4) is 0 Å². The van der Waals surface area contributed by atoms with E-state index >= 15 is 0 Å². The smallest absolute Gasteiger partial charge is 0.280 e. The summed E-state index contributed by atoms with van der Waals surface area (Å²) in [5, 5.41) is 10.7. The molecule has 2 aromatic rings. The molecule has 0 saturated heterocycles. The van der Waals surface area contributed by atoms with Crippen molar-refractivity contribution >= 4 is 23.3 Å². The minimum atomic E-state index is -0.589. The summed E-state index contributed by atoms with van der Waals surface area (Å²) in [4.78, 5) is 26.2. The molecule has 7 heteroatoms. The first-order chi connectivity index (χ1) is 9.61. The zero-order chi connectivity index (χ0) is 14.5. The molecule has 0 atom stereocenters. The number of benzene rings is 1. The van der Waals surface area contributed by atoms with Crippen molar-refractivity contribution in [2.45, 2.75) is 13.3 Å². The Balaban J connectivity index is 2.01. The second kappa shape index (κ2) is 6.25. The molecule has 1 aromatic heterocycles. The van der Waals surface area contributed by atoms with Crippen LogP contribution in [-0.4, -0.2) is 22.8 Å². The standard InChI is InChI=1S/C13H12N2O4S/c1-9-13(20-8-14-9)4-5-19-11-2-3-12(15(17)18)10(6-11)7-16/h2-3,6-8H,4-5H2,1H3. The molecule has 0 aliphatic carbocycles. The minimum absolute atomic E-state index is 0.0153. The fourth-order valence-electron chi connectivity index (χ4n) is 1.71. The molecule has 2 rings (SSSR count). The number of thiazole rings is 1. The molecule has 0 amide bonds. The van der Waals surface area contributed by atoms with E-state index in [-0.39, 0.29) is 11.3 Å². The van der Waals surface area contributed by atoms with Gasteiger partial charge in [-0.15, -0.1) is 11.3 Å². The molecule has 104 valence electrons. The van der Waals surface area contributed by atoms with Crippen molar-refractivity contribution in [3.63, 3.8) is 0 Å². The van der Waals surface area contributed by atoms with Gasteiger partial charge in [0.15, 0.2) is 6.29 Å². The van der Waals surface area contributed by atoms with Crippen molar-refractivity contribution < 1.29 is 14.5 Å². The topological polar surface area (TPSA) is 82.3 Å². The van der Waals surface area contributed by atoms with Gasteiger partial charge in [-0.1, -0.05) is 0 Å². The Bertz CT molecular complexity index is 639. The lowest BCUT2D eigenvalue weighted by molar-refractivity contribution is -0.385. The van der Waals surface area contributed by atoms with Crippen LogP contribution in [0.15, 0.2) is 23.7 Å². The predicted octanol–water partition coefficient (Wildman–Crippen LogP) is 2.79. The van der Waals surface area contributed by atoms with Crippen molar-refractivity contribution in [3.8, 4) is 5.75 Å². The van der Waals surface area contributed by atoms with Crippen LogP contribution in [0.5, 0.6) is 5.75 Å². The van der Waals surface area contributed by atoms with Crippen LogP contribution in [0.25, 0.3) is 0 Å². The average molecular weight is 292 g/mol. The van der Waals surface area contributed by atoms with Crippen molar-refractivity contribution in [1.29, 1.82) is 0 Å². The number of ether oxygens (including phenoxy) is 1. The Hall–Kier alpha value is -2.28. The molecule has 1 aromatic carbocycles. The summed E-state index contributed by atoms with van der Waals surface area (Å²) in [7, 11) is 0. The number of hydrogen-bond acceptors (Lipinski definition) is 6. The summed E-state index contributed by atoms with van der Waals surface area (Å²) in [6.45, 7) is 2.36. The number of carbonyl (C=O) groups is 1. The van der Waals surface area contributed by atoms with Crippen LogP contribution < -0.4 is 4.74 Å². The Morgan fingerprint density at radius 3 is 2.90 bits per heavy atom. The van der Waals surface area contributed by atoms with Gasteiger partial charge in [-0.3, -0.25) is 14.9 Å². The Kier molecular flexibility index (Phi) is 4.41.